The minimum absolute atomic E-state index is 0.245. The third kappa shape index (κ3) is 5.10. The van der Waals surface area contributed by atoms with Gasteiger partial charge in [0.2, 0.25) is 0 Å². The second-order valence-corrected chi connectivity index (χ2v) is 7.23. The van der Waals surface area contributed by atoms with Gasteiger partial charge in [0.15, 0.2) is 0 Å². The molecule has 0 unspecified atom stereocenters. The van der Waals surface area contributed by atoms with Crippen LogP contribution >= 0.6 is 23.2 Å². The Morgan fingerprint density at radius 2 is 1.78 bits per heavy atom. The van der Waals surface area contributed by atoms with Crippen molar-refractivity contribution in [3.63, 3.8) is 0 Å². The summed E-state index contributed by atoms with van der Waals surface area (Å²) in [6.07, 6.45) is 1.36. The van der Waals surface area contributed by atoms with Gasteiger partial charge in [-0.05, 0) is 54.5 Å². The summed E-state index contributed by atoms with van der Waals surface area (Å²) >= 11 is 11.6. The lowest BCUT2D eigenvalue weighted by Gasteiger charge is -2.06. The Hall–Kier alpha value is -1.82. The van der Waals surface area contributed by atoms with Crippen LogP contribution in [0, 0.1) is 6.92 Å². The van der Waals surface area contributed by atoms with Gasteiger partial charge in [0, 0.05) is 15.6 Å². The van der Waals surface area contributed by atoms with Gasteiger partial charge in [-0.3, -0.25) is 4.79 Å². The summed E-state index contributed by atoms with van der Waals surface area (Å²) in [4.78, 5) is 12.1. The molecule has 0 aliphatic carbocycles. The van der Waals surface area contributed by atoms with E-state index in [0.717, 1.165) is 5.41 Å². The van der Waals surface area contributed by atoms with Gasteiger partial charge in [0.05, 0.1) is 5.41 Å². The Morgan fingerprint density at radius 3 is 2.43 bits per heavy atom. The van der Waals surface area contributed by atoms with E-state index < -0.39 is 15.9 Å². The molecular formula is C16H13Cl2NO3S. The molecule has 7 heteroatoms. The standard InChI is InChI=1S/C16H13Cl2NO3S/c1-11-9-14(18)5-6-15(11)16(20)19-23(21,22)8-7-12-3-2-4-13(17)10-12/h2-10H,1H3,(H,19,20)/b8-7+. The number of carbonyl (C=O) groups excluding carboxylic acids is 1. The molecule has 2 rings (SSSR count). The summed E-state index contributed by atoms with van der Waals surface area (Å²) in [7, 11) is -3.92. The molecule has 0 saturated carbocycles. The van der Waals surface area contributed by atoms with Gasteiger partial charge in [-0.25, -0.2) is 13.1 Å². The molecule has 0 atom stereocenters. The normalized spacial score (nSPS) is 11.6. The van der Waals surface area contributed by atoms with Gasteiger partial charge in [-0.1, -0.05) is 35.3 Å². The molecule has 0 fully saturated rings. The van der Waals surface area contributed by atoms with Crippen LogP contribution in [0.1, 0.15) is 21.5 Å². The van der Waals surface area contributed by atoms with Crippen molar-refractivity contribution in [1.82, 2.24) is 4.72 Å². The van der Waals surface area contributed by atoms with Crippen molar-refractivity contribution >= 4 is 45.2 Å². The monoisotopic (exact) mass is 369 g/mol. The number of halogens is 2. The molecule has 0 radical (unpaired) electrons. The molecule has 0 bridgehead atoms. The van der Waals surface area contributed by atoms with Crippen molar-refractivity contribution < 1.29 is 13.2 Å². The van der Waals surface area contributed by atoms with Gasteiger partial charge in [0.1, 0.15) is 0 Å². The van der Waals surface area contributed by atoms with Gasteiger partial charge in [-0.15, -0.1) is 0 Å². The highest BCUT2D eigenvalue weighted by Crippen LogP contribution is 2.16. The molecule has 0 aliphatic heterocycles. The summed E-state index contributed by atoms with van der Waals surface area (Å²) in [6.45, 7) is 1.68. The summed E-state index contributed by atoms with van der Waals surface area (Å²) in [5, 5.41) is 1.88. The Balaban J connectivity index is 2.16. The first kappa shape index (κ1) is 17.5. The molecule has 0 saturated heterocycles. The van der Waals surface area contributed by atoms with Crippen LogP contribution in [0.5, 0.6) is 0 Å². The zero-order valence-electron chi connectivity index (χ0n) is 12.1. The fourth-order valence-corrected chi connectivity index (χ4v) is 3.08. The van der Waals surface area contributed by atoms with E-state index in [-0.39, 0.29) is 5.56 Å². The van der Waals surface area contributed by atoms with Crippen LogP contribution in [-0.4, -0.2) is 14.3 Å². The number of amides is 1. The van der Waals surface area contributed by atoms with E-state index in [1.165, 1.54) is 18.2 Å². The Morgan fingerprint density at radius 1 is 1.09 bits per heavy atom. The molecule has 23 heavy (non-hydrogen) atoms. The van der Waals surface area contributed by atoms with E-state index in [4.69, 9.17) is 23.2 Å². The van der Waals surface area contributed by atoms with Crippen molar-refractivity contribution in [2.75, 3.05) is 0 Å². The molecule has 1 N–H and O–H groups in total. The quantitative estimate of drug-likeness (QED) is 0.884. The first-order chi connectivity index (χ1) is 10.8. The number of aryl methyl sites for hydroxylation is 1. The Bertz CT molecular complexity index is 877. The van der Waals surface area contributed by atoms with Gasteiger partial charge in [0.25, 0.3) is 15.9 Å². The van der Waals surface area contributed by atoms with E-state index in [1.807, 2.05) is 4.72 Å². The molecule has 120 valence electrons. The Kier molecular flexibility index (Phi) is 5.46. The van der Waals surface area contributed by atoms with Crippen LogP contribution in [0.2, 0.25) is 10.0 Å². The first-order valence-electron chi connectivity index (χ1n) is 6.54. The fraction of sp³-hybridized carbons (Fsp3) is 0.0625. The van der Waals surface area contributed by atoms with E-state index >= 15 is 0 Å². The van der Waals surface area contributed by atoms with Crippen LogP contribution in [0.25, 0.3) is 6.08 Å². The second-order valence-electron chi connectivity index (χ2n) is 4.79. The molecule has 0 heterocycles. The van der Waals surface area contributed by atoms with Crippen molar-refractivity contribution in [3.8, 4) is 0 Å². The molecule has 1 amide bonds. The maximum atomic E-state index is 12.1. The highest BCUT2D eigenvalue weighted by molar-refractivity contribution is 7.93. The lowest BCUT2D eigenvalue weighted by atomic mass is 10.1. The van der Waals surface area contributed by atoms with E-state index in [9.17, 15) is 13.2 Å². The third-order valence-corrected chi connectivity index (χ3v) is 4.39. The second kappa shape index (κ2) is 7.17. The maximum absolute atomic E-state index is 12.1. The Labute approximate surface area is 144 Å². The predicted molar refractivity (Wildman–Crippen MR) is 93.1 cm³/mol. The molecule has 0 spiro atoms. The van der Waals surface area contributed by atoms with Crippen LogP contribution in [0.15, 0.2) is 47.9 Å². The highest BCUT2D eigenvalue weighted by atomic mass is 35.5. The molecule has 2 aromatic carbocycles. The number of nitrogens with one attached hydrogen (secondary N) is 1. The number of carbonyl (C=O) groups is 1. The number of sulfonamides is 1. The smallest absolute Gasteiger partial charge is 0.265 e. The number of rotatable bonds is 4. The van der Waals surface area contributed by atoms with Crippen LogP contribution < -0.4 is 4.72 Å². The largest absolute Gasteiger partial charge is 0.268 e. The first-order valence-corrected chi connectivity index (χ1v) is 8.84. The lowest BCUT2D eigenvalue weighted by molar-refractivity contribution is 0.0981. The minimum Gasteiger partial charge on any atom is -0.268 e. The van der Waals surface area contributed by atoms with E-state index in [2.05, 4.69) is 0 Å². The molecular weight excluding hydrogens is 357 g/mol. The van der Waals surface area contributed by atoms with Crippen molar-refractivity contribution in [3.05, 3.63) is 74.6 Å². The zero-order chi connectivity index (χ0) is 17.0. The molecule has 2 aromatic rings. The summed E-state index contributed by atoms with van der Waals surface area (Å²) in [6, 6.07) is 11.3. The molecule has 4 nitrogen and oxygen atoms in total. The van der Waals surface area contributed by atoms with Gasteiger partial charge < -0.3 is 0 Å². The topological polar surface area (TPSA) is 63.2 Å². The number of hydrogen-bond acceptors (Lipinski definition) is 3. The molecule has 0 aliphatic rings. The predicted octanol–water partition coefficient (Wildman–Crippen LogP) is 4.03. The average molecular weight is 370 g/mol. The summed E-state index contributed by atoms with van der Waals surface area (Å²) in [5.41, 5.74) is 1.44. The molecule has 0 aromatic heterocycles. The summed E-state index contributed by atoms with van der Waals surface area (Å²) in [5.74, 6) is -0.713. The maximum Gasteiger partial charge on any atom is 0.265 e. The zero-order valence-corrected chi connectivity index (χ0v) is 14.4. The van der Waals surface area contributed by atoms with Crippen LogP contribution in [0.4, 0.5) is 0 Å². The summed E-state index contributed by atoms with van der Waals surface area (Å²) < 4.78 is 25.9. The van der Waals surface area contributed by atoms with Crippen LogP contribution in [0.3, 0.4) is 0 Å². The SMILES string of the molecule is Cc1cc(Cl)ccc1C(=O)NS(=O)(=O)/C=C/c1cccc(Cl)c1. The van der Waals surface area contributed by atoms with Crippen molar-refractivity contribution in [2.45, 2.75) is 6.92 Å². The van der Waals surface area contributed by atoms with Crippen LogP contribution in [-0.2, 0) is 10.0 Å². The van der Waals surface area contributed by atoms with E-state index in [1.54, 1.807) is 37.3 Å². The van der Waals surface area contributed by atoms with Crippen molar-refractivity contribution in [1.29, 1.82) is 0 Å². The van der Waals surface area contributed by atoms with Gasteiger partial charge >= 0.3 is 0 Å². The average Bonchev–Trinajstić information content (AvgIpc) is 2.44. The van der Waals surface area contributed by atoms with E-state index in [0.29, 0.717) is 21.2 Å². The highest BCUT2D eigenvalue weighted by Gasteiger charge is 2.15. The van der Waals surface area contributed by atoms with Gasteiger partial charge in [-0.2, -0.15) is 0 Å². The number of benzene rings is 2. The van der Waals surface area contributed by atoms with Crippen molar-refractivity contribution in [2.24, 2.45) is 0 Å². The minimum atomic E-state index is -3.92. The third-order valence-electron chi connectivity index (χ3n) is 2.96. The fourth-order valence-electron chi connectivity index (χ4n) is 1.88. The lowest BCUT2D eigenvalue weighted by Crippen LogP contribution is -2.29. The number of hydrogen-bond donors (Lipinski definition) is 1.